The lowest BCUT2D eigenvalue weighted by Crippen LogP contribution is -2.25. The highest BCUT2D eigenvalue weighted by Crippen LogP contribution is 2.32. The Bertz CT molecular complexity index is 1150. The van der Waals surface area contributed by atoms with Crippen LogP contribution in [-0.2, 0) is 0 Å². The molecule has 0 fully saturated rings. The molecule has 140 valence electrons. The van der Waals surface area contributed by atoms with Crippen molar-refractivity contribution in [3.05, 3.63) is 76.0 Å². The van der Waals surface area contributed by atoms with Crippen molar-refractivity contribution in [2.24, 2.45) is 5.10 Å². The maximum Gasteiger partial charge on any atom is 0.280 e. The van der Waals surface area contributed by atoms with E-state index in [0.29, 0.717) is 10.7 Å². The fourth-order valence-corrected chi connectivity index (χ4v) is 4.21. The molecule has 0 aliphatic rings. The number of fused-ring (bicyclic) bond motifs is 1. The molecule has 7 heteroatoms. The summed E-state index contributed by atoms with van der Waals surface area (Å²) in [6.45, 7) is 1.96. The number of ether oxygens (including phenoxy) is 1. The monoisotopic (exact) mass is 407 g/mol. The molecule has 0 saturated heterocycles. The number of amides is 1. The minimum Gasteiger partial charge on any atom is -0.497 e. The molecular weight excluding hydrogens is 390 g/mol. The molecule has 0 radical (unpaired) electrons. The summed E-state index contributed by atoms with van der Waals surface area (Å²) in [4.78, 5) is 18.8. The fourth-order valence-electron chi connectivity index (χ4n) is 2.68. The fraction of sp³-hybridized carbons (Fsp3) is 0.0952. The molecule has 0 saturated carbocycles. The molecule has 0 spiro atoms. The van der Waals surface area contributed by atoms with Crippen LogP contribution in [0.3, 0.4) is 0 Å². The van der Waals surface area contributed by atoms with Gasteiger partial charge in [0.15, 0.2) is 0 Å². The maximum absolute atomic E-state index is 13.2. The van der Waals surface area contributed by atoms with E-state index in [0.717, 1.165) is 26.4 Å². The molecule has 0 aliphatic carbocycles. The highest BCUT2D eigenvalue weighted by atomic mass is 32.1. The van der Waals surface area contributed by atoms with Crippen LogP contribution in [0, 0.1) is 6.92 Å². The average Bonchev–Trinajstić information content (AvgIpc) is 3.37. The van der Waals surface area contributed by atoms with Crippen LogP contribution in [0.4, 0.5) is 5.13 Å². The number of benzene rings is 2. The number of carbonyl (C=O) groups excluding carboxylic acids is 1. The molecule has 1 amide bonds. The van der Waals surface area contributed by atoms with E-state index in [1.807, 2.05) is 60.8 Å². The third-order valence-corrected chi connectivity index (χ3v) is 5.87. The number of hydrogen-bond donors (Lipinski definition) is 0. The zero-order chi connectivity index (χ0) is 19.5. The van der Waals surface area contributed by atoms with Gasteiger partial charge in [-0.15, -0.1) is 11.3 Å². The van der Waals surface area contributed by atoms with Gasteiger partial charge in [0.1, 0.15) is 5.75 Å². The van der Waals surface area contributed by atoms with E-state index in [-0.39, 0.29) is 5.91 Å². The first-order valence-electron chi connectivity index (χ1n) is 8.57. The van der Waals surface area contributed by atoms with Gasteiger partial charge in [-0.2, -0.15) is 10.1 Å². The highest BCUT2D eigenvalue weighted by Gasteiger charge is 2.21. The van der Waals surface area contributed by atoms with Gasteiger partial charge in [0.05, 0.1) is 23.5 Å². The summed E-state index contributed by atoms with van der Waals surface area (Å²) < 4.78 is 6.22. The number of methoxy groups -OCH3 is 1. The second-order valence-corrected chi connectivity index (χ2v) is 8.06. The molecule has 2 heterocycles. The summed E-state index contributed by atoms with van der Waals surface area (Å²) in [6.07, 6.45) is 1.69. The first-order valence-corrected chi connectivity index (χ1v) is 10.3. The van der Waals surface area contributed by atoms with E-state index < -0.39 is 0 Å². The van der Waals surface area contributed by atoms with Crippen LogP contribution in [0.2, 0.25) is 0 Å². The normalized spacial score (nSPS) is 11.2. The Kier molecular flexibility index (Phi) is 5.18. The lowest BCUT2D eigenvalue weighted by Gasteiger charge is -2.14. The summed E-state index contributed by atoms with van der Waals surface area (Å²) >= 11 is 2.96. The topological polar surface area (TPSA) is 54.8 Å². The Morgan fingerprint density at radius 1 is 1.18 bits per heavy atom. The molecule has 5 nitrogen and oxygen atoms in total. The Labute approximate surface area is 170 Å². The van der Waals surface area contributed by atoms with Crippen molar-refractivity contribution < 1.29 is 9.53 Å². The van der Waals surface area contributed by atoms with Gasteiger partial charge in [-0.25, -0.2) is 4.98 Å². The highest BCUT2D eigenvalue weighted by molar-refractivity contribution is 7.22. The first kappa shape index (κ1) is 18.3. The minimum atomic E-state index is -0.220. The summed E-state index contributed by atoms with van der Waals surface area (Å²) in [5.41, 5.74) is 2.39. The number of nitrogens with zero attached hydrogens (tertiary/aromatic N) is 3. The van der Waals surface area contributed by atoms with Crippen molar-refractivity contribution in [3.63, 3.8) is 0 Å². The van der Waals surface area contributed by atoms with Crippen molar-refractivity contribution in [2.45, 2.75) is 6.92 Å². The van der Waals surface area contributed by atoms with Crippen molar-refractivity contribution in [1.82, 2.24) is 4.98 Å². The number of thiazole rings is 1. The molecule has 4 aromatic rings. The molecule has 0 aliphatic heterocycles. The van der Waals surface area contributed by atoms with Gasteiger partial charge in [0, 0.05) is 10.4 Å². The smallest absolute Gasteiger partial charge is 0.280 e. The Balaban J connectivity index is 1.77. The standard InChI is InChI=1S/C21H17N3O2S2/c1-14-5-3-6-15(11-14)20(25)24(22-13-17-7-4-10-27-17)21-23-18-9-8-16(26-2)12-19(18)28-21/h3-13H,1-2H3/b22-13-. The third kappa shape index (κ3) is 3.81. The molecule has 0 atom stereocenters. The predicted octanol–water partition coefficient (Wildman–Crippen LogP) is 5.36. The van der Waals surface area contributed by atoms with Gasteiger partial charge < -0.3 is 4.74 Å². The number of aryl methyl sites for hydroxylation is 1. The van der Waals surface area contributed by atoms with E-state index in [2.05, 4.69) is 10.1 Å². The van der Waals surface area contributed by atoms with E-state index in [1.165, 1.54) is 16.3 Å². The van der Waals surface area contributed by atoms with Crippen molar-refractivity contribution in [3.8, 4) is 5.75 Å². The van der Waals surface area contributed by atoms with Crippen LogP contribution in [-0.4, -0.2) is 24.2 Å². The van der Waals surface area contributed by atoms with E-state index in [1.54, 1.807) is 30.7 Å². The Morgan fingerprint density at radius 3 is 2.82 bits per heavy atom. The Hall–Kier alpha value is -3.03. The average molecular weight is 408 g/mol. The van der Waals surface area contributed by atoms with Gasteiger partial charge >= 0.3 is 0 Å². The van der Waals surface area contributed by atoms with E-state index in [9.17, 15) is 4.79 Å². The van der Waals surface area contributed by atoms with Gasteiger partial charge in [0.25, 0.3) is 5.91 Å². The summed E-state index contributed by atoms with van der Waals surface area (Å²) in [5.74, 6) is 0.531. The van der Waals surface area contributed by atoms with Crippen LogP contribution >= 0.6 is 22.7 Å². The molecule has 0 unspecified atom stereocenters. The van der Waals surface area contributed by atoms with Crippen molar-refractivity contribution >= 4 is 50.1 Å². The van der Waals surface area contributed by atoms with Crippen LogP contribution in [0.15, 0.2) is 65.1 Å². The van der Waals surface area contributed by atoms with Crippen LogP contribution < -0.4 is 9.75 Å². The van der Waals surface area contributed by atoms with Crippen LogP contribution in [0.25, 0.3) is 10.2 Å². The van der Waals surface area contributed by atoms with Gasteiger partial charge in [-0.3, -0.25) is 4.79 Å². The number of anilines is 1. The zero-order valence-corrected chi connectivity index (χ0v) is 17.0. The van der Waals surface area contributed by atoms with Crippen molar-refractivity contribution in [1.29, 1.82) is 0 Å². The molecular formula is C21H17N3O2S2. The molecule has 2 aromatic heterocycles. The second-order valence-electron chi connectivity index (χ2n) is 6.08. The van der Waals surface area contributed by atoms with Crippen LogP contribution in [0.5, 0.6) is 5.75 Å². The first-order chi connectivity index (χ1) is 13.6. The second kappa shape index (κ2) is 7.92. The molecule has 28 heavy (non-hydrogen) atoms. The number of carbonyl (C=O) groups is 1. The van der Waals surface area contributed by atoms with Gasteiger partial charge in [-0.05, 0) is 48.7 Å². The van der Waals surface area contributed by atoms with Crippen LogP contribution in [0.1, 0.15) is 20.8 Å². The van der Waals surface area contributed by atoms with Gasteiger partial charge in [0.2, 0.25) is 5.13 Å². The summed E-state index contributed by atoms with van der Waals surface area (Å²) in [5, 5.41) is 8.32. The number of rotatable bonds is 5. The molecule has 2 aromatic carbocycles. The maximum atomic E-state index is 13.2. The van der Waals surface area contributed by atoms with E-state index >= 15 is 0 Å². The van der Waals surface area contributed by atoms with Gasteiger partial charge in [-0.1, -0.05) is 35.1 Å². The lowest BCUT2D eigenvalue weighted by molar-refractivity contribution is 0.0988. The lowest BCUT2D eigenvalue weighted by atomic mass is 10.1. The largest absolute Gasteiger partial charge is 0.497 e. The molecule has 0 bridgehead atoms. The predicted molar refractivity (Wildman–Crippen MR) is 116 cm³/mol. The molecule has 0 N–H and O–H groups in total. The summed E-state index contributed by atoms with van der Waals surface area (Å²) in [7, 11) is 1.63. The quantitative estimate of drug-likeness (QED) is 0.331. The number of aromatic nitrogens is 1. The Morgan fingerprint density at radius 2 is 2.07 bits per heavy atom. The number of hydrazone groups is 1. The third-order valence-electron chi connectivity index (χ3n) is 4.07. The number of hydrogen-bond acceptors (Lipinski definition) is 6. The number of thiophene rings is 1. The van der Waals surface area contributed by atoms with Crippen molar-refractivity contribution in [2.75, 3.05) is 12.1 Å². The molecule has 4 rings (SSSR count). The zero-order valence-electron chi connectivity index (χ0n) is 15.3. The SMILES string of the molecule is COc1ccc2nc(N(/N=C\c3cccs3)C(=O)c3cccc(C)c3)sc2c1. The van der Waals surface area contributed by atoms with E-state index in [4.69, 9.17) is 4.74 Å². The minimum absolute atomic E-state index is 0.220. The summed E-state index contributed by atoms with van der Waals surface area (Å²) in [6, 6.07) is 17.0.